The second kappa shape index (κ2) is 5.95. The van der Waals surface area contributed by atoms with Gasteiger partial charge in [-0.05, 0) is 12.1 Å². The topological polar surface area (TPSA) is 77.8 Å². The van der Waals surface area contributed by atoms with Crippen LogP contribution in [0.1, 0.15) is 6.42 Å². The molecule has 0 aliphatic rings. The Morgan fingerprint density at radius 3 is 2.33 bits per heavy atom. The summed E-state index contributed by atoms with van der Waals surface area (Å²) < 4.78 is 26.2. The predicted molar refractivity (Wildman–Crippen MR) is 58.5 cm³/mol. The molecule has 0 bridgehead atoms. The molecule has 0 aliphatic heterocycles. The van der Waals surface area contributed by atoms with E-state index in [9.17, 15) is 18.4 Å². The number of hydrogen-bond acceptors (Lipinski definition) is 3. The number of anilines is 1. The molecule has 1 aromatic rings. The molecule has 7 heteroatoms. The number of aliphatic carboxylic acids is 2. The van der Waals surface area contributed by atoms with Crippen LogP contribution in [-0.2, 0) is 9.59 Å². The zero-order valence-corrected chi connectivity index (χ0v) is 9.27. The van der Waals surface area contributed by atoms with Gasteiger partial charge in [-0.2, -0.15) is 0 Å². The number of halogens is 2. The minimum atomic E-state index is -1.23. The minimum absolute atomic E-state index is 0.139. The molecule has 0 atom stereocenters. The zero-order chi connectivity index (χ0) is 13.7. The van der Waals surface area contributed by atoms with Gasteiger partial charge in [0.2, 0.25) is 0 Å². The summed E-state index contributed by atoms with van der Waals surface area (Å²) in [6.45, 7) is -0.736. The highest BCUT2D eigenvalue weighted by Gasteiger charge is 2.16. The van der Waals surface area contributed by atoms with E-state index in [0.717, 1.165) is 17.0 Å². The molecular weight excluding hydrogens is 248 g/mol. The van der Waals surface area contributed by atoms with E-state index in [4.69, 9.17) is 10.2 Å². The Balaban J connectivity index is 2.93. The van der Waals surface area contributed by atoms with Crippen molar-refractivity contribution in [3.8, 4) is 0 Å². The molecule has 0 unspecified atom stereocenters. The van der Waals surface area contributed by atoms with Crippen molar-refractivity contribution in [2.45, 2.75) is 6.42 Å². The Labute approximate surface area is 101 Å². The van der Waals surface area contributed by atoms with Crippen LogP contribution in [0.15, 0.2) is 18.2 Å². The van der Waals surface area contributed by atoms with Crippen LogP contribution >= 0.6 is 0 Å². The minimum Gasteiger partial charge on any atom is -0.481 e. The molecule has 0 fully saturated rings. The first-order valence-corrected chi connectivity index (χ1v) is 5.03. The second-order valence-electron chi connectivity index (χ2n) is 3.55. The largest absolute Gasteiger partial charge is 0.481 e. The van der Waals surface area contributed by atoms with Gasteiger partial charge in [-0.1, -0.05) is 0 Å². The molecule has 0 radical (unpaired) electrons. The fourth-order valence-corrected chi connectivity index (χ4v) is 1.42. The maximum absolute atomic E-state index is 13.5. The molecule has 98 valence electrons. The van der Waals surface area contributed by atoms with E-state index >= 15 is 0 Å². The van der Waals surface area contributed by atoms with Crippen LogP contribution in [0.25, 0.3) is 0 Å². The zero-order valence-electron chi connectivity index (χ0n) is 9.27. The highest BCUT2D eigenvalue weighted by molar-refractivity contribution is 5.74. The van der Waals surface area contributed by atoms with Crippen molar-refractivity contribution in [3.05, 3.63) is 29.8 Å². The molecule has 2 N–H and O–H groups in total. The number of carboxylic acids is 2. The third kappa shape index (κ3) is 4.00. The van der Waals surface area contributed by atoms with Gasteiger partial charge in [-0.25, -0.2) is 8.78 Å². The van der Waals surface area contributed by atoms with E-state index in [2.05, 4.69) is 0 Å². The molecule has 1 rings (SSSR count). The van der Waals surface area contributed by atoms with Crippen LogP contribution < -0.4 is 4.90 Å². The quantitative estimate of drug-likeness (QED) is 0.805. The highest BCUT2D eigenvalue weighted by Crippen LogP contribution is 2.20. The average Bonchev–Trinajstić information content (AvgIpc) is 2.24. The van der Waals surface area contributed by atoms with Crippen LogP contribution in [0, 0.1) is 11.6 Å². The highest BCUT2D eigenvalue weighted by atomic mass is 19.1. The van der Waals surface area contributed by atoms with Crippen molar-refractivity contribution in [2.24, 2.45) is 0 Å². The third-order valence-corrected chi connectivity index (χ3v) is 2.17. The normalized spacial score (nSPS) is 10.1. The lowest BCUT2D eigenvalue weighted by atomic mass is 10.2. The molecule has 5 nitrogen and oxygen atoms in total. The summed E-state index contributed by atoms with van der Waals surface area (Å²) >= 11 is 0. The van der Waals surface area contributed by atoms with E-state index < -0.39 is 30.1 Å². The van der Waals surface area contributed by atoms with Gasteiger partial charge in [0.05, 0.1) is 12.1 Å². The first-order chi connectivity index (χ1) is 8.40. The van der Waals surface area contributed by atoms with Crippen LogP contribution in [0.3, 0.4) is 0 Å². The Morgan fingerprint density at radius 2 is 1.83 bits per heavy atom. The lowest BCUT2D eigenvalue weighted by Crippen LogP contribution is -2.32. The summed E-state index contributed by atoms with van der Waals surface area (Å²) in [6.07, 6.45) is -0.343. The SMILES string of the molecule is O=C(O)CCN(CC(=O)O)c1ccc(F)cc1F. The average molecular weight is 259 g/mol. The lowest BCUT2D eigenvalue weighted by Gasteiger charge is -2.22. The summed E-state index contributed by atoms with van der Waals surface area (Å²) in [5, 5.41) is 17.2. The smallest absolute Gasteiger partial charge is 0.323 e. The van der Waals surface area contributed by atoms with Crippen LogP contribution in [0.5, 0.6) is 0 Å². The van der Waals surface area contributed by atoms with Gasteiger partial charge in [0.25, 0.3) is 0 Å². The summed E-state index contributed by atoms with van der Waals surface area (Å²) in [5.74, 6) is -4.08. The molecule has 18 heavy (non-hydrogen) atoms. The molecule has 0 saturated carbocycles. The Morgan fingerprint density at radius 1 is 1.17 bits per heavy atom. The first kappa shape index (κ1) is 13.9. The Bertz CT molecular complexity index is 464. The van der Waals surface area contributed by atoms with E-state index in [1.54, 1.807) is 0 Å². The van der Waals surface area contributed by atoms with E-state index in [0.29, 0.717) is 6.07 Å². The number of carboxylic acid groups (broad SMARTS) is 2. The molecule has 0 saturated heterocycles. The summed E-state index contributed by atoms with van der Waals surface area (Å²) in [4.78, 5) is 22.1. The Hall–Kier alpha value is -2.18. The van der Waals surface area contributed by atoms with Gasteiger partial charge >= 0.3 is 11.9 Å². The van der Waals surface area contributed by atoms with Crippen LogP contribution in [0.2, 0.25) is 0 Å². The van der Waals surface area contributed by atoms with E-state index in [-0.39, 0.29) is 18.7 Å². The fourth-order valence-electron chi connectivity index (χ4n) is 1.42. The van der Waals surface area contributed by atoms with Gasteiger partial charge in [-0.3, -0.25) is 9.59 Å². The standard InChI is InChI=1S/C11H11F2NO4/c12-7-1-2-9(8(13)5-7)14(6-11(17)18)4-3-10(15)16/h1-2,5H,3-4,6H2,(H,15,16)(H,17,18). The Kier molecular flexibility index (Phi) is 4.59. The first-order valence-electron chi connectivity index (χ1n) is 5.03. The molecule has 0 amide bonds. The van der Waals surface area contributed by atoms with Crippen LogP contribution in [-0.4, -0.2) is 35.2 Å². The predicted octanol–water partition coefficient (Wildman–Crippen LogP) is 1.33. The van der Waals surface area contributed by atoms with Crippen molar-refractivity contribution < 1.29 is 28.6 Å². The summed E-state index contributed by atoms with van der Waals surface area (Å²) in [7, 11) is 0. The number of nitrogens with zero attached hydrogens (tertiary/aromatic N) is 1. The van der Waals surface area contributed by atoms with E-state index in [1.807, 2.05) is 0 Å². The maximum Gasteiger partial charge on any atom is 0.323 e. The lowest BCUT2D eigenvalue weighted by molar-refractivity contribution is -0.138. The van der Waals surface area contributed by atoms with Gasteiger partial charge in [0, 0.05) is 12.6 Å². The number of hydrogen-bond donors (Lipinski definition) is 2. The second-order valence-corrected chi connectivity index (χ2v) is 3.55. The van der Waals surface area contributed by atoms with Gasteiger partial charge < -0.3 is 15.1 Å². The fraction of sp³-hybridized carbons (Fsp3) is 0.273. The van der Waals surface area contributed by atoms with Crippen molar-refractivity contribution >= 4 is 17.6 Å². The molecule has 0 spiro atoms. The monoisotopic (exact) mass is 259 g/mol. The number of carbonyl (C=O) groups is 2. The number of benzene rings is 1. The molecular formula is C11H11F2NO4. The summed E-state index contributed by atoms with van der Waals surface area (Å²) in [5.41, 5.74) is -0.139. The summed E-state index contributed by atoms with van der Waals surface area (Å²) in [6, 6.07) is 2.68. The van der Waals surface area contributed by atoms with Crippen molar-refractivity contribution in [1.82, 2.24) is 0 Å². The third-order valence-electron chi connectivity index (χ3n) is 2.17. The number of rotatable bonds is 6. The van der Waals surface area contributed by atoms with Gasteiger partial charge in [0.15, 0.2) is 0 Å². The van der Waals surface area contributed by atoms with Crippen molar-refractivity contribution in [2.75, 3.05) is 18.0 Å². The van der Waals surface area contributed by atoms with Gasteiger partial charge in [-0.15, -0.1) is 0 Å². The molecule has 0 heterocycles. The molecule has 0 aromatic heterocycles. The molecule has 0 aliphatic carbocycles. The maximum atomic E-state index is 13.5. The molecule has 1 aromatic carbocycles. The van der Waals surface area contributed by atoms with Crippen molar-refractivity contribution in [3.63, 3.8) is 0 Å². The van der Waals surface area contributed by atoms with Gasteiger partial charge in [0.1, 0.15) is 18.2 Å². The van der Waals surface area contributed by atoms with Crippen molar-refractivity contribution in [1.29, 1.82) is 0 Å². The van der Waals surface area contributed by atoms with E-state index in [1.165, 1.54) is 0 Å². The van der Waals surface area contributed by atoms with Crippen LogP contribution in [0.4, 0.5) is 14.5 Å².